The van der Waals surface area contributed by atoms with Gasteiger partial charge >= 0.3 is 0 Å². The second kappa shape index (κ2) is 6.10. The lowest BCUT2D eigenvalue weighted by atomic mass is 10.0. The van der Waals surface area contributed by atoms with Crippen LogP contribution in [0.25, 0.3) is 22.4 Å². The highest BCUT2D eigenvalue weighted by atomic mass is 32.1. The minimum absolute atomic E-state index is 0.227. The van der Waals surface area contributed by atoms with E-state index in [2.05, 4.69) is 19.2 Å². The van der Waals surface area contributed by atoms with E-state index in [9.17, 15) is 4.79 Å². The third-order valence-corrected chi connectivity index (χ3v) is 4.60. The Bertz CT molecular complexity index is 1080. The van der Waals surface area contributed by atoms with Crippen LogP contribution in [0.5, 0.6) is 0 Å². The van der Waals surface area contributed by atoms with Crippen LogP contribution in [0.3, 0.4) is 0 Å². The summed E-state index contributed by atoms with van der Waals surface area (Å²) >= 11 is 1.14. The predicted octanol–water partition coefficient (Wildman–Crippen LogP) is 4.22. The Morgan fingerprint density at radius 1 is 1.00 bits per heavy atom. The number of nitrogens with zero attached hydrogens (tertiary/aromatic N) is 3. The zero-order valence-electron chi connectivity index (χ0n) is 13.6. The highest BCUT2D eigenvalue weighted by Crippen LogP contribution is 2.24. The molecule has 0 unspecified atom stereocenters. The van der Waals surface area contributed by atoms with Gasteiger partial charge in [-0.25, -0.2) is 0 Å². The number of aromatic nitrogens is 3. The molecule has 0 aliphatic rings. The Morgan fingerprint density at radius 2 is 1.84 bits per heavy atom. The second-order valence-electron chi connectivity index (χ2n) is 5.80. The molecular weight excluding hydrogens is 336 g/mol. The van der Waals surface area contributed by atoms with Crippen molar-refractivity contribution in [3.05, 3.63) is 59.3 Å². The summed E-state index contributed by atoms with van der Waals surface area (Å²) in [5, 5.41) is 6.68. The molecule has 4 aromatic rings. The van der Waals surface area contributed by atoms with Crippen molar-refractivity contribution in [2.75, 3.05) is 5.32 Å². The first-order valence-corrected chi connectivity index (χ1v) is 8.41. The quantitative estimate of drug-likeness (QED) is 0.598. The molecule has 0 saturated heterocycles. The fourth-order valence-corrected chi connectivity index (χ4v) is 2.99. The van der Waals surface area contributed by atoms with Gasteiger partial charge in [-0.3, -0.25) is 4.79 Å². The van der Waals surface area contributed by atoms with E-state index in [1.54, 1.807) is 18.2 Å². The second-order valence-corrected chi connectivity index (χ2v) is 6.33. The highest BCUT2D eigenvalue weighted by molar-refractivity contribution is 7.00. The molecule has 0 aliphatic heterocycles. The molecule has 124 valence electrons. The Kier molecular flexibility index (Phi) is 3.77. The van der Waals surface area contributed by atoms with Gasteiger partial charge in [-0.15, -0.1) is 0 Å². The molecule has 2 aromatic heterocycles. The molecule has 2 aromatic carbocycles. The number of hydrogen-bond donors (Lipinski definition) is 1. The van der Waals surface area contributed by atoms with Crippen molar-refractivity contribution in [1.82, 2.24) is 13.9 Å². The third-order valence-electron chi connectivity index (χ3n) is 4.05. The van der Waals surface area contributed by atoms with Crippen molar-refractivity contribution in [3.8, 4) is 11.3 Å². The smallest absolute Gasteiger partial charge is 0.277 e. The SMILES string of the molecule is Cc1ccc(-c2cc(C(=O)Nc3ccc4nsnc4c3)no2)cc1C. The molecule has 2 heterocycles. The summed E-state index contributed by atoms with van der Waals surface area (Å²) in [4.78, 5) is 12.4. The summed E-state index contributed by atoms with van der Waals surface area (Å²) in [6, 6.07) is 13.0. The van der Waals surface area contributed by atoms with E-state index in [1.807, 2.05) is 38.1 Å². The van der Waals surface area contributed by atoms with Crippen LogP contribution in [0.15, 0.2) is 47.0 Å². The molecule has 25 heavy (non-hydrogen) atoms. The van der Waals surface area contributed by atoms with Gasteiger partial charge in [0.25, 0.3) is 5.91 Å². The summed E-state index contributed by atoms with van der Waals surface area (Å²) < 4.78 is 13.6. The van der Waals surface area contributed by atoms with Crippen LogP contribution in [0.1, 0.15) is 21.6 Å². The van der Waals surface area contributed by atoms with Crippen LogP contribution in [-0.4, -0.2) is 19.8 Å². The standard InChI is InChI=1S/C18H14N4O2S/c1-10-3-4-12(7-11(10)2)17-9-16(20-24-17)18(23)19-13-5-6-14-15(8-13)22-25-21-14/h3-9H,1-2H3,(H,19,23). The van der Waals surface area contributed by atoms with E-state index in [4.69, 9.17) is 4.52 Å². The van der Waals surface area contributed by atoms with Gasteiger partial charge < -0.3 is 9.84 Å². The van der Waals surface area contributed by atoms with Gasteiger partial charge in [0.2, 0.25) is 0 Å². The largest absolute Gasteiger partial charge is 0.355 e. The molecule has 1 N–H and O–H groups in total. The fraction of sp³-hybridized carbons (Fsp3) is 0.111. The molecule has 4 rings (SSSR count). The number of amides is 1. The number of hydrogen-bond acceptors (Lipinski definition) is 6. The van der Waals surface area contributed by atoms with Crippen LogP contribution in [0, 0.1) is 13.8 Å². The van der Waals surface area contributed by atoms with Gasteiger partial charge in [0.15, 0.2) is 11.5 Å². The van der Waals surface area contributed by atoms with Gasteiger partial charge in [0, 0.05) is 17.3 Å². The van der Waals surface area contributed by atoms with Crippen molar-refractivity contribution in [1.29, 1.82) is 0 Å². The lowest BCUT2D eigenvalue weighted by molar-refractivity contribution is 0.101. The molecule has 1 amide bonds. The number of benzene rings is 2. The average Bonchev–Trinajstić information content (AvgIpc) is 3.26. The van der Waals surface area contributed by atoms with Crippen molar-refractivity contribution in [3.63, 3.8) is 0 Å². The molecule has 0 fully saturated rings. The lowest BCUT2D eigenvalue weighted by Gasteiger charge is -2.02. The Hall–Kier alpha value is -3.06. The predicted molar refractivity (Wildman–Crippen MR) is 96.8 cm³/mol. The summed E-state index contributed by atoms with van der Waals surface area (Å²) in [5.74, 6) is 0.230. The van der Waals surface area contributed by atoms with Crippen LogP contribution >= 0.6 is 11.7 Å². The van der Waals surface area contributed by atoms with Gasteiger partial charge in [-0.1, -0.05) is 17.3 Å². The topological polar surface area (TPSA) is 80.9 Å². The molecule has 7 heteroatoms. The van der Waals surface area contributed by atoms with Crippen molar-refractivity contribution >= 4 is 34.4 Å². The molecule has 6 nitrogen and oxygen atoms in total. The van der Waals surface area contributed by atoms with E-state index in [1.165, 1.54) is 5.56 Å². The summed E-state index contributed by atoms with van der Waals surface area (Å²) in [5.41, 5.74) is 5.67. The number of rotatable bonds is 3. The van der Waals surface area contributed by atoms with Gasteiger partial charge in [-0.2, -0.15) is 8.75 Å². The van der Waals surface area contributed by atoms with Gasteiger partial charge in [-0.05, 0) is 49.2 Å². The Labute approximate surface area is 147 Å². The fourth-order valence-electron chi connectivity index (χ4n) is 2.47. The van der Waals surface area contributed by atoms with Crippen LogP contribution in [-0.2, 0) is 0 Å². The first-order valence-electron chi connectivity index (χ1n) is 7.68. The zero-order valence-corrected chi connectivity index (χ0v) is 14.4. The maximum Gasteiger partial charge on any atom is 0.277 e. The van der Waals surface area contributed by atoms with Crippen LogP contribution in [0.4, 0.5) is 5.69 Å². The molecule has 0 bridgehead atoms. The monoisotopic (exact) mass is 350 g/mol. The summed E-state index contributed by atoms with van der Waals surface area (Å²) in [6.07, 6.45) is 0. The number of carbonyl (C=O) groups excluding carboxylic acids is 1. The lowest BCUT2D eigenvalue weighted by Crippen LogP contribution is -2.12. The molecular formula is C18H14N4O2S. The van der Waals surface area contributed by atoms with Gasteiger partial charge in [0.05, 0.1) is 11.7 Å². The van der Waals surface area contributed by atoms with Crippen molar-refractivity contribution in [2.24, 2.45) is 0 Å². The normalized spacial score (nSPS) is 11.0. The molecule has 0 saturated carbocycles. The number of anilines is 1. The first kappa shape index (κ1) is 15.5. The molecule has 0 spiro atoms. The number of carbonyl (C=O) groups is 1. The zero-order chi connectivity index (χ0) is 17.4. The minimum atomic E-state index is -0.332. The number of fused-ring (bicyclic) bond motifs is 1. The average molecular weight is 350 g/mol. The third kappa shape index (κ3) is 3.01. The number of aryl methyl sites for hydroxylation is 2. The maximum absolute atomic E-state index is 12.4. The van der Waals surface area contributed by atoms with E-state index in [0.717, 1.165) is 33.9 Å². The van der Waals surface area contributed by atoms with E-state index in [0.29, 0.717) is 11.4 Å². The van der Waals surface area contributed by atoms with E-state index >= 15 is 0 Å². The molecule has 0 aliphatic carbocycles. The molecule has 0 radical (unpaired) electrons. The Balaban J connectivity index is 1.56. The number of nitrogens with one attached hydrogen (secondary N) is 1. The van der Waals surface area contributed by atoms with Crippen molar-refractivity contribution in [2.45, 2.75) is 13.8 Å². The van der Waals surface area contributed by atoms with Gasteiger partial charge in [0.1, 0.15) is 11.0 Å². The maximum atomic E-state index is 12.4. The van der Waals surface area contributed by atoms with E-state index in [-0.39, 0.29) is 11.6 Å². The first-order chi connectivity index (χ1) is 12.1. The summed E-state index contributed by atoms with van der Waals surface area (Å²) in [7, 11) is 0. The highest BCUT2D eigenvalue weighted by Gasteiger charge is 2.15. The summed E-state index contributed by atoms with van der Waals surface area (Å²) in [6.45, 7) is 4.08. The van der Waals surface area contributed by atoms with E-state index < -0.39 is 0 Å². The molecule has 0 atom stereocenters. The Morgan fingerprint density at radius 3 is 2.68 bits per heavy atom. The minimum Gasteiger partial charge on any atom is -0.355 e. The van der Waals surface area contributed by atoms with Crippen LogP contribution in [0.2, 0.25) is 0 Å². The van der Waals surface area contributed by atoms with Crippen LogP contribution < -0.4 is 5.32 Å². The van der Waals surface area contributed by atoms with Crippen molar-refractivity contribution < 1.29 is 9.32 Å².